The molecule has 2 bridgehead atoms. The molecule has 4 aliphatic rings. The minimum absolute atomic E-state index is 0.105. The number of nitrogens with zero attached hydrogens (tertiary/aromatic N) is 2. The van der Waals surface area contributed by atoms with E-state index < -0.39 is 0 Å². The molecule has 3 saturated carbocycles. The average molecular weight is 221 g/mol. The molecule has 0 aromatic heterocycles. The lowest BCUT2D eigenvalue weighted by molar-refractivity contribution is -0.666. The molecule has 0 aromatic carbocycles. The molecule has 1 aliphatic heterocycles. The van der Waals surface area contributed by atoms with E-state index in [0.29, 0.717) is 12.3 Å². The molecule has 1 unspecified atom stereocenters. The lowest BCUT2D eigenvalue weighted by Gasteiger charge is -2.54. The van der Waals surface area contributed by atoms with Crippen molar-refractivity contribution in [1.29, 1.82) is 0 Å². The van der Waals surface area contributed by atoms with Gasteiger partial charge >= 0.3 is 11.7 Å². The summed E-state index contributed by atoms with van der Waals surface area (Å²) in [5.41, 5.74) is 0.834. The van der Waals surface area contributed by atoms with Crippen LogP contribution >= 0.6 is 0 Å². The topological polar surface area (TPSA) is 41.7 Å². The van der Waals surface area contributed by atoms with Gasteiger partial charge < -0.3 is 4.74 Å². The summed E-state index contributed by atoms with van der Waals surface area (Å²) in [6.45, 7) is 4.26. The van der Waals surface area contributed by atoms with E-state index in [0.717, 1.165) is 5.92 Å². The predicted molar refractivity (Wildman–Crippen MR) is 56.9 cm³/mol. The predicted octanol–water partition coefficient (Wildman–Crippen LogP) is 1.85. The third-order valence-corrected chi connectivity index (χ3v) is 3.86. The first kappa shape index (κ1) is 10.00. The minimum atomic E-state index is -0.222. The van der Waals surface area contributed by atoms with Gasteiger partial charge in [0.25, 0.3) is 0 Å². The Morgan fingerprint density at radius 2 is 2.31 bits per heavy atom. The number of hydrogen-bond donors (Lipinski definition) is 0. The summed E-state index contributed by atoms with van der Waals surface area (Å²) in [6.07, 6.45) is 5.50. The van der Waals surface area contributed by atoms with Gasteiger partial charge in [-0.3, -0.25) is 0 Å². The summed E-state index contributed by atoms with van der Waals surface area (Å²) in [5, 5.41) is 4.54. The van der Waals surface area contributed by atoms with Crippen LogP contribution in [-0.4, -0.2) is 28.9 Å². The van der Waals surface area contributed by atoms with Gasteiger partial charge in [-0.1, -0.05) is 4.70 Å². The van der Waals surface area contributed by atoms with Crippen LogP contribution in [0.1, 0.15) is 33.1 Å². The highest BCUT2D eigenvalue weighted by atomic mass is 16.5. The quantitative estimate of drug-likeness (QED) is 0.539. The number of esters is 1. The van der Waals surface area contributed by atoms with E-state index in [1.54, 1.807) is 0 Å². The van der Waals surface area contributed by atoms with Gasteiger partial charge in [0.2, 0.25) is 0 Å². The van der Waals surface area contributed by atoms with E-state index in [9.17, 15) is 4.79 Å². The minimum Gasteiger partial charge on any atom is -0.458 e. The number of hydrogen-bond acceptors (Lipinski definition) is 3. The van der Waals surface area contributed by atoms with E-state index in [1.165, 1.54) is 19.3 Å². The van der Waals surface area contributed by atoms with E-state index in [1.807, 2.05) is 24.6 Å². The highest BCUT2D eigenvalue weighted by molar-refractivity contribution is 5.86. The van der Waals surface area contributed by atoms with Gasteiger partial charge in [-0.25, -0.2) is 4.79 Å². The second kappa shape index (κ2) is 3.15. The van der Waals surface area contributed by atoms with E-state index >= 15 is 0 Å². The van der Waals surface area contributed by atoms with Crippen molar-refractivity contribution >= 4 is 5.97 Å². The molecule has 4 heteroatoms. The van der Waals surface area contributed by atoms with Crippen LogP contribution in [-0.2, 0) is 9.53 Å². The van der Waals surface area contributed by atoms with Crippen LogP contribution in [0.2, 0.25) is 0 Å². The van der Waals surface area contributed by atoms with Crippen molar-refractivity contribution in [2.45, 2.75) is 44.7 Å². The molecular weight excluding hydrogens is 204 g/mol. The molecule has 0 spiro atoms. The SMILES string of the molecule is CCOC(=O)C1=CC(C)N=[N+]1C12CC(C1)C2. The largest absolute Gasteiger partial charge is 0.458 e. The molecule has 3 fully saturated rings. The lowest BCUT2D eigenvalue weighted by Crippen LogP contribution is -2.64. The van der Waals surface area contributed by atoms with E-state index in [2.05, 4.69) is 5.11 Å². The lowest BCUT2D eigenvalue weighted by atomic mass is 9.49. The first-order valence-electron chi connectivity index (χ1n) is 6.04. The monoisotopic (exact) mass is 221 g/mol. The molecule has 86 valence electrons. The van der Waals surface area contributed by atoms with Gasteiger partial charge in [0.1, 0.15) is 6.04 Å². The van der Waals surface area contributed by atoms with Crippen molar-refractivity contribution in [3.8, 4) is 0 Å². The normalized spacial score (nSPS) is 39.4. The maximum atomic E-state index is 11.8. The summed E-state index contributed by atoms with van der Waals surface area (Å²) in [5.74, 6) is 0.662. The van der Waals surface area contributed by atoms with Crippen LogP contribution in [0.4, 0.5) is 0 Å². The van der Waals surface area contributed by atoms with Crippen LogP contribution in [0.25, 0.3) is 0 Å². The molecule has 16 heavy (non-hydrogen) atoms. The van der Waals surface area contributed by atoms with Crippen molar-refractivity contribution in [2.75, 3.05) is 6.61 Å². The highest BCUT2D eigenvalue weighted by Gasteiger charge is 2.69. The standard InChI is InChI=1S/C12H17N2O2/c1-3-16-11(15)10-4-8(2)13-14(10)12-5-9(6-12)7-12/h4,8-9H,3,5-7H2,1-2H3/q+1. The number of carbonyl (C=O) groups is 1. The maximum Gasteiger partial charge on any atom is 0.405 e. The smallest absolute Gasteiger partial charge is 0.405 e. The van der Waals surface area contributed by atoms with Crippen molar-refractivity contribution < 1.29 is 14.2 Å². The Labute approximate surface area is 95.0 Å². The third kappa shape index (κ3) is 1.19. The Morgan fingerprint density at radius 1 is 1.62 bits per heavy atom. The molecule has 0 aromatic rings. The van der Waals surface area contributed by atoms with Crippen LogP contribution in [0.5, 0.6) is 0 Å². The molecule has 4 nitrogen and oxygen atoms in total. The van der Waals surface area contributed by atoms with Crippen LogP contribution in [0.3, 0.4) is 0 Å². The fourth-order valence-electron chi connectivity index (χ4n) is 3.01. The van der Waals surface area contributed by atoms with Gasteiger partial charge in [0, 0.05) is 25.3 Å². The zero-order chi connectivity index (χ0) is 11.3. The Bertz CT molecular complexity index is 394. The molecule has 0 saturated heterocycles. The molecule has 1 atom stereocenters. The van der Waals surface area contributed by atoms with E-state index in [4.69, 9.17) is 4.74 Å². The first-order chi connectivity index (χ1) is 7.64. The summed E-state index contributed by atoms with van der Waals surface area (Å²) in [6, 6.07) is 0.105. The van der Waals surface area contributed by atoms with Crippen LogP contribution in [0.15, 0.2) is 16.9 Å². The van der Waals surface area contributed by atoms with Crippen molar-refractivity contribution in [2.24, 2.45) is 11.0 Å². The van der Waals surface area contributed by atoms with Crippen molar-refractivity contribution in [1.82, 2.24) is 0 Å². The number of azo groups is 2. The fraction of sp³-hybridized carbons (Fsp3) is 0.750. The number of ether oxygens (including phenoxy) is 1. The zero-order valence-electron chi connectivity index (χ0n) is 9.77. The molecule has 0 radical (unpaired) electrons. The second-order valence-corrected chi connectivity index (χ2v) is 5.14. The molecule has 0 amide bonds. The third-order valence-electron chi connectivity index (χ3n) is 3.86. The Hall–Kier alpha value is -1.19. The van der Waals surface area contributed by atoms with Gasteiger partial charge in [0.05, 0.1) is 6.61 Å². The molecule has 1 heterocycles. The first-order valence-corrected chi connectivity index (χ1v) is 6.04. The van der Waals surface area contributed by atoms with Crippen molar-refractivity contribution in [3.05, 3.63) is 11.8 Å². The highest BCUT2D eigenvalue weighted by Crippen LogP contribution is 2.60. The molecular formula is C12H17N2O2+. The Kier molecular flexibility index (Phi) is 1.97. The van der Waals surface area contributed by atoms with Crippen LogP contribution < -0.4 is 0 Å². The average Bonchev–Trinajstić information content (AvgIpc) is 2.42. The molecule has 4 rings (SSSR count). The number of carbonyl (C=O) groups excluding carboxylic acids is 1. The Balaban J connectivity index is 1.84. The van der Waals surface area contributed by atoms with Gasteiger partial charge in [0.15, 0.2) is 5.54 Å². The summed E-state index contributed by atoms with van der Waals surface area (Å²) in [7, 11) is 0. The van der Waals surface area contributed by atoms with Crippen LogP contribution in [0, 0.1) is 5.92 Å². The number of rotatable bonds is 3. The summed E-state index contributed by atoms with van der Waals surface area (Å²) >= 11 is 0. The summed E-state index contributed by atoms with van der Waals surface area (Å²) < 4.78 is 7.03. The second-order valence-electron chi connectivity index (χ2n) is 5.14. The van der Waals surface area contributed by atoms with Crippen molar-refractivity contribution in [3.63, 3.8) is 0 Å². The maximum absolute atomic E-state index is 11.8. The fourth-order valence-corrected chi connectivity index (χ4v) is 3.01. The van der Waals surface area contributed by atoms with E-state index in [-0.39, 0.29) is 17.6 Å². The molecule has 3 aliphatic carbocycles. The molecule has 0 N–H and O–H groups in total. The zero-order valence-corrected chi connectivity index (χ0v) is 9.77. The van der Waals surface area contributed by atoms with Gasteiger partial charge in [-0.2, -0.15) is 0 Å². The van der Waals surface area contributed by atoms with Gasteiger partial charge in [-0.15, -0.1) is 0 Å². The van der Waals surface area contributed by atoms with Gasteiger partial charge in [-0.05, 0) is 24.9 Å². The Morgan fingerprint density at radius 3 is 2.81 bits per heavy atom. The summed E-state index contributed by atoms with van der Waals surface area (Å²) in [4.78, 5) is 11.8.